The summed E-state index contributed by atoms with van der Waals surface area (Å²) in [5, 5.41) is 0. The van der Waals surface area contributed by atoms with Gasteiger partial charge in [0.2, 0.25) is 0 Å². The molecule has 0 saturated carbocycles. The number of hydrogen-bond acceptors (Lipinski definition) is 3. The summed E-state index contributed by atoms with van der Waals surface area (Å²) in [6.07, 6.45) is 0. The molecular weight excluding hydrogens is 210 g/mol. The molecule has 0 amide bonds. The van der Waals surface area contributed by atoms with Gasteiger partial charge in [-0.25, -0.2) is 0 Å². The predicted molar refractivity (Wildman–Crippen MR) is 64.8 cm³/mol. The fraction of sp³-hybridized carbons (Fsp3) is 0.455. The number of nitrogens with zero attached hydrogens (tertiary/aromatic N) is 1. The molecule has 0 aliphatic carbocycles. The van der Waals surface area contributed by atoms with Crippen LogP contribution in [-0.2, 0) is 0 Å². The van der Waals surface area contributed by atoms with Crippen molar-refractivity contribution in [3.05, 3.63) is 29.8 Å². The van der Waals surface area contributed by atoms with E-state index in [4.69, 9.17) is 0 Å². The molecule has 0 unspecified atom stereocenters. The molecule has 2 N–H and O–H groups in total. The number of anilines is 1. The normalized spacial score (nSPS) is 22.5. The zero-order valence-electron chi connectivity index (χ0n) is 8.81. The van der Waals surface area contributed by atoms with Crippen molar-refractivity contribution in [3.8, 4) is 0 Å². The third kappa shape index (κ3) is 2.45. The van der Waals surface area contributed by atoms with Gasteiger partial charge in [-0.15, -0.1) is 0 Å². The van der Waals surface area contributed by atoms with Crippen molar-refractivity contribution in [2.45, 2.75) is 6.92 Å². The van der Waals surface area contributed by atoms with Gasteiger partial charge in [-0.05, 0) is 30.7 Å². The molecule has 1 aliphatic rings. The van der Waals surface area contributed by atoms with E-state index < -0.39 is 10.6 Å². The van der Waals surface area contributed by atoms with Crippen LogP contribution in [0.3, 0.4) is 0 Å². The molecule has 3 nitrogen and oxygen atoms in total. The second-order valence-electron chi connectivity index (χ2n) is 3.91. The minimum absolute atomic E-state index is 0.491. The highest BCUT2D eigenvalue weighted by Crippen LogP contribution is 2.41. The first kappa shape index (κ1) is 10.8. The second-order valence-corrected chi connectivity index (χ2v) is 6.33. The maximum absolute atomic E-state index is 9.51. The van der Waals surface area contributed by atoms with Crippen LogP contribution in [0.5, 0.6) is 0 Å². The van der Waals surface area contributed by atoms with Crippen LogP contribution in [-0.4, -0.2) is 33.7 Å². The van der Waals surface area contributed by atoms with Crippen LogP contribution in [0.2, 0.25) is 0 Å². The molecule has 1 saturated heterocycles. The quantitative estimate of drug-likeness (QED) is 0.772. The zero-order chi connectivity index (χ0) is 10.9. The van der Waals surface area contributed by atoms with Gasteiger partial charge in [-0.3, -0.25) is 9.11 Å². The van der Waals surface area contributed by atoms with Crippen molar-refractivity contribution in [2.75, 3.05) is 29.5 Å². The third-order valence-corrected chi connectivity index (χ3v) is 4.43. The minimum atomic E-state index is -2.29. The Balaban J connectivity index is 2.11. The minimum Gasteiger partial charge on any atom is -0.368 e. The molecule has 4 heteroatoms. The highest BCUT2D eigenvalue weighted by Gasteiger charge is 2.22. The number of rotatable bonds is 1. The van der Waals surface area contributed by atoms with Gasteiger partial charge in [0, 0.05) is 18.8 Å². The summed E-state index contributed by atoms with van der Waals surface area (Å²) in [5.41, 5.74) is 2.37. The number of aryl methyl sites for hydroxylation is 1. The maximum atomic E-state index is 9.51. The molecule has 83 valence electrons. The molecule has 0 atom stereocenters. The summed E-state index contributed by atoms with van der Waals surface area (Å²) in [5.74, 6) is 0.982. The molecule has 1 aliphatic heterocycles. The Kier molecular flexibility index (Phi) is 2.91. The predicted octanol–water partition coefficient (Wildman–Crippen LogP) is 2.37. The summed E-state index contributed by atoms with van der Waals surface area (Å²) in [7, 11) is -2.29. The topological polar surface area (TPSA) is 43.7 Å². The summed E-state index contributed by atoms with van der Waals surface area (Å²) < 4.78 is 19.0. The van der Waals surface area contributed by atoms with Crippen LogP contribution < -0.4 is 4.90 Å². The molecule has 1 fully saturated rings. The van der Waals surface area contributed by atoms with Gasteiger partial charge < -0.3 is 4.90 Å². The molecule has 1 aromatic rings. The van der Waals surface area contributed by atoms with Crippen molar-refractivity contribution in [1.29, 1.82) is 0 Å². The summed E-state index contributed by atoms with van der Waals surface area (Å²) in [4.78, 5) is 2.21. The molecule has 0 bridgehead atoms. The van der Waals surface area contributed by atoms with E-state index in [0.717, 1.165) is 13.1 Å². The molecule has 1 heterocycles. The first-order valence-corrected chi connectivity index (χ1v) is 6.92. The van der Waals surface area contributed by atoms with Crippen LogP contribution in [0.1, 0.15) is 5.56 Å². The first-order chi connectivity index (χ1) is 7.08. The zero-order valence-corrected chi connectivity index (χ0v) is 9.63. The van der Waals surface area contributed by atoms with Crippen molar-refractivity contribution in [2.24, 2.45) is 0 Å². The standard InChI is InChI=1S/C11H16NO2S/c1-10-4-2-3-5-11(10)12-6-8-15(13,14)9-7-12/h3-5,13-14H,6-9H2,1H3. The molecule has 1 radical (unpaired) electrons. The van der Waals surface area contributed by atoms with E-state index in [1.807, 2.05) is 18.2 Å². The number of hydrogen-bond donors (Lipinski definition) is 2. The van der Waals surface area contributed by atoms with E-state index in [1.54, 1.807) is 0 Å². The van der Waals surface area contributed by atoms with Gasteiger partial charge in [0.1, 0.15) is 0 Å². The Labute approximate surface area is 92.1 Å². The van der Waals surface area contributed by atoms with Crippen LogP contribution in [0.4, 0.5) is 5.69 Å². The lowest BCUT2D eigenvalue weighted by Crippen LogP contribution is -2.38. The van der Waals surface area contributed by atoms with E-state index in [1.165, 1.54) is 11.3 Å². The van der Waals surface area contributed by atoms with Gasteiger partial charge in [0.15, 0.2) is 0 Å². The molecule has 0 spiro atoms. The lowest BCUT2D eigenvalue weighted by molar-refractivity contribution is 0.479. The highest BCUT2D eigenvalue weighted by molar-refractivity contribution is 8.24. The fourth-order valence-corrected chi connectivity index (χ4v) is 3.06. The third-order valence-electron chi connectivity index (χ3n) is 2.76. The van der Waals surface area contributed by atoms with Crippen molar-refractivity contribution >= 4 is 16.3 Å². The van der Waals surface area contributed by atoms with Gasteiger partial charge in [-0.1, -0.05) is 6.07 Å². The van der Waals surface area contributed by atoms with E-state index in [2.05, 4.69) is 17.9 Å². The average molecular weight is 226 g/mol. The van der Waals surface area contributed by atoms with Gasteiger partial charge >= 0.3 is 0 Å². The Morgan fingerprint density at radius 1 is 1.33 bits per heavy atom. The van der Waals surface area contributed by atoms with Crippen molar-refractivity contribution < 1.29 is 9.11 Å². The Morgan fingerprint density at radius 2 is 2.00 bits per heavy atom. The van der Waals surface area contributed by atoms with Crippen LogP contribution in [0.15, 0.2) is 18.2 Å². The van der Waals surface area contributed by atoms with Crippen LogP contribution >= 0.6 is 10.6 Å². The van der Waals surface area contributed by atoms with Crippen LogP contribution in [0, 0.1) is 13.0 Å². The van der Waals surface area contributed by atoms with Crippen molar-refractivity contribution in [1.82, 2.24) is 0 Å². The molecule has 1 aromatic carbocycles. The van der Waals surface area contributed by atoms with Crippen LogP contribution in [0.25, 0.3) is 0 Å². The molecule has 2 rings (SSSR count). The summed E-state index contributed by atoms with van der Waals surface area (Å²) in [6.45, 7) is 3.51. The van der Waals surface area contributed by atoms with Gasteiger partial charge in [-0.2, -0.15) is 10.6 Å². The van der Waals surface area contributed by atoms with Gasteiger partial charge in [0.05, 0.1) is 11.5 Å². The summed E-state index contributed by atoms with van der Waals surface area (Å²) in [6, 6.07) is 8.93. The second kappa shape index (κ2) is 4.04. The lowest BCUT2D eigenvalue weighted by Gasteiger charge is -2.42. The van der Waals surface area contributed by atoms with E-state index in [0.29, 0.717) is 11.5 Å². The number of benzene rings is 1. The maximum Gasteiger partial charge on any atom is 0.0550 e. The smallest absolute Gasteiger partial charge is 0.0550 e. The highest BCUT2D eigenvalue weighted by atomic mass is 32.3. The molecule has 15 heavy (non-hydrogen) atoms. The van der Waals surface area contributed by atoms with E-state index in [-0.39, 0.29) is 0 Å². The SMILES string of the molecule is Cc1c[c]ccc1N1CCS(O)(O)CC1. The van der Waals surface area contributed by atoms with E-state index in [9.17, 15) is 9.11 Å². The molecular formula is C11H16NO2S. The summed E-state index contributed by atoms with van der Waals surface area (Å²) >= 11 is 0. The van der Waals surface area contributed by atoms with Gasteiger partial charge in [0.25, 0.3) is 0 Å². The molecule has 0 aromatic heterocycles. The largest absolute Gasteiger partial charge is 0.368 e. The Bertz CT molecular complexity index is 344. The average Bonchev–Trinajstić information content (AvgIpc) is 2.19. The monoisotopic (exact) mass is 226 g/mol. The van der Waals surface area contributed by atoms with Crippen molar-refractivity contribution in [3.63, 3.8) is 0 Å². The lowest BCUT2D eigenvalue weighted by atomic mass is 10.2. The first-order valence-electron chi connectivity index (χ1n) is 5.04. The Morgan fingerprint density at radius 3 is 2.60 bits per heavy atom. The fourth-order valence-electron chi connectivity index (χ4n) is 1.83. The van der Waals surface area contributed by atoms with E-state index >= 15 is 0 Å². The Hall–Kier alpha value is -0.710.